The molecule has 0 saturated carbocycles. The van der Waals surface area contributed by atoms with Crippen LogP contribution in [0, 0.1) is 5.92 Å². The Labute approximate surface area is 244 Å². The molecule has 3 rings (SSSR count). The molecule has 3 aromatic carbocycles. The third-order valence-electron chi connectivity index (χ3n) is 6.66. The smallest absolute Gasteiger partial charge is 0.243 e. The van der Waals surface area contributed by atoms with E-state index in [1.165, 1.54) is 4.31 Å². The van der Waals surface area contributed by atoms with Gasteiger partial charge in [-0.3, -0.25) is 13.9 Å². The van der Waals surface area contributed by atoms with Crippen molar-refractivity contribution >= 4 is 27.5 Å². The summed E-state index contributed by atoms with van der Waals surface area (Å²) in [6, 6.07) is 25.3. The average Bonchev–Trinajstić information content (AvgIpc) is 2.96. The van der Waals surface area contributed by atoms with Crippen LogP contribution in [-0.4, -0.2) is 57.6 Å². The molecule has 0 bridgehead atoms. The van der Waals surface area contributed by atoms with Gasteiger partial charge in [0.25, 0.3) is 0 Å². The lowest BCUT2D eigenvalue weighted by Crippen LogP contribution is -2.51. The maximum Gasteiger partial charge on any atom is 0.243 e. The van der Waals surface area contributed by atoms with Crippen LogP contribution in [0.15, 0.2) is 84.9 Å². The number of benzene rings is 3. The number of amides is 2. The zero-order chi connectivity index (χ0) is 29.8. The Morgan fingerprint density at radius 1 is 0.878 bits per heavy atom. The number of sulfonamides is 1. The first-order valence-corrected chi connectivity index (χ1v) is 15.7. The van der Waals surface area contributed by atoms with E-state index in [0.29, 0.717) is 24.4 Å². The first kappa shape index (κ1) is 31.7. The number of carbonyl (C=O) groups excluding carboxylic acids is 2. The van der Waals surface area contributed by atoms with Crippen molar-refractivity contribution in [1.82, 2.24) is 10.2 Å². The van der Waals surface area contributed by atoms with Crippen LogP contribution in [0.4, 0.5) is 5.69 Å². The highest BCUT2D eigenvalue weighted by molar-refractivity contribution is 7.92. The molecule has 220 valence electrons. The summed E-state index contributed by atoms with van der Waals surface area (Å²) in [6.07, 6.45) is 1.88. The molecule has 8 nitrogen and oxygen atoms in total. The van der Waals surface area contributed by atoms with E-state index in [1.54, 1.807) is 36.3 Å². The molecule has 41 heavy (non-hydrogen) atoms. The summed E-state index contributed by atoms with van der Waals surface area (Å²) in [4.78, 5) is 29.0. The van der Waals surface area contributed by atoms with Crippen molar-refractivity contribution in [1.29, 1.82) is 0 Å². The molecule has 0 aromatic heterocycles. The van der Waals surface area contributed by atoms with Gasteiger partial charge in [-0.05, 0) is 47.7 Å². The van der Waals surface area contributed by atoms with Crippen molar-refractivity contribution in [2.75, 3.05) is 30.8 Å². The second-order valence-electron chi connectivity index (χ2n) is 10.5. The third-order valence-corrected chi connectivity index (χ3v) is 7.86. The summed E-state index contributed by atoms with van der Waals surface area (Å²) in [5.41, 5.74) is 2.36. The van der Waals surface area contributed by atoms with Crippen LogP contribution in [0.2, 0.25) is 0 Å². The van der Waals surface area contributed by atoms with Gasteiger partial charge in [0, 0.05) is 32.5 Å². The fourth-order valence-corrected chi connectivity index (χ4v) is 5.47. The van der Waals surface area contributed by atoms with Gasteiger partial charge in [-0.25, -0.2) is 8.42 Å². The third kappa shape index (κ3) is 9.93. The first-order valence-electron chi connectivity index (χ1n) is 13.8. The van der Waals surface area contributed by atoms with Crippen LogP contribution in [0.3, 0.4) is 0 Å². The first-order chi connectivity index (χ1) is 19.6. The van der Waals surface area contributed by atoms with Gasteiger partial charge in [0.2, 0.25) is 21.8 Å². The summed E-state index contributed by atoms with van der Waals surface area (Å²) in [5, 5.41) is 3.02. The topological polar surface area (TPSA) is 96.0 Å². The van der Waals surface area contributed by atoms with Crippen LogP contribution >= 0.6 is 0 Å². The number of nitrogens with one attached hydrogen (secondary N) is 1. The maximum atomic E-state index is 13.8. The molecule has 0 radical (unpaired) electrons. The monoisotopic (exact) mass is 579 g/mol. The molecule has 0 unspecified atom stereocenters. The van der Waals surface area contributed by atoms with Crippen LogP contribution in [-0.2, 0) is 32.6 Å². The summed E-state index contributed by atoms with van der Waals surface area (Å²) >= 11 is 0. The van der Waals surface area contributed by atoms with E-state index in [-0.39, 0.29) is 43.7 Å². The van der Waals surface area contributed by atoms with Gasteiger partial charge in [0.1, 0.15) is 11.8 Å². The minimum Gasteiger partial charge on any atom is -0.497 e. The molecule has 0 aliphatic heterocycles. The zero-order valence-corrected chi connectivity index (χ0v) is 25.1. The Morgan fingerprint density at radius 2 is 1.46 bits per heavy atom. The van der Waals surface area contributed by atoms with Crippen LogP contribution in [0.1, 0.15) is 37.8 Å². The maximum absolute atomic E-state index is 13.8. The lowest BCUT2D eigenvalue weighted by molar-refractivity contribution is -0.141. The Bertz CT molecular complexity index is 1350. The summed E-state index contributed by atoms with van der Waals surface area (Å²) in [6.45, 7) is 4.94. The van der Waals surface area contributed by atoms with Crippen LogP contribution in [0.5, 0.6) is 5.75 Å². The zero-order valence-electron chi connectivity index (χ0n) is 24.3. The molecule has 0 aliphatic carbocycles. The number of nitrogens with zero attached hydrogens (tertiary/aromatic N) is 2. The number of ether oxygens (including phenoxy) is 1. The highest BCUT2D eigenvalue weighted by Gasteiger charge is 2.30. The highest BCUT2D eigenvalue weighted by atomic mass is 32.2. The number of anilines is 1. The Morgan fingerprint density at radius 3 is 2.00 bits per heavy atom. The second kappa shape index (κ2) is 15.2. The van der Waals surface area contributed by atoms with Gasteiger partial charge in [-0.1, -0.05) is 74.5 Å². The number of hydrogen-bond donors (Lipinski definition) is 1. The number of methoxy groups -OCH3 is 1. The molecule has 0 spiro atoms. The predicted octanol–water partition coefficient (Wildman–Crippen LogP) is 4.65. The van der Waals surface area contributed by atoms with E-state index in [2.05, 4.69) is 5.32 Å². The quantitative estimate of drug-likeness (QED) is 0.283. The normalized spacial score (nSPS) is 12.0. The molecule has 9 heteroatoms. The second-order valence-corrected chi connectivity index (χ2v) is 12.4. The summed E-state index contributed by atoms with van der Waals surface area (Å²) < 4.78 is 31.7. The lowest BCUT2D eigenvalue weighted by atomic mass is 10.0. The van der Waals surface area contributed by atoms with Gasteiger partial charge >= 0.3 is 0 Å². The van der Waals surface area contributed by atoms with Gasteiger partial charge in [-0.15, -0.1) is 0 Å². The van der Waals surface area contributed by atoms with Crippen molar-refractivity contribution < 1.29 is 22.7 Å². The SMILES string of the molecule is COc1ccc(N(CCCC(=O)N(Cc2ccccc2)[C@@H](Cc2ccccc2)C(=O)NCC(C)C)S(C)(=O)=O)cc1. The molecule has 0 fully saturated rings. The van der Waals surface area contributed by atoms with E-state index in [0.717, 1.165) is 17.4 Å². The standard InChI is InChI=1S/C32H41N3O5S/c1-25(2)23-33-32(37)30(22-26-12-7-5-8-13-26)34(24-27-14-9-6-10-15-27)31(36)16-11-21-35(41(4,38)39)28-17-19-29(40-3)20-18-28/h5-10,12-15,17-20,25,30H,11,16,21-24H2,1-4H3,(H,33,37)/t30-/m0/s1. The Kier molecular flexibility index (Phi) is 11.8. The van der Waals surface area contributed by atoms with Crippen molar-refractivity contribution in [3.8, 4) is 5.75 Å². The van der Waals surface area contributed by atoms with Gasteiger partial charge in [0.15, 0.2) is 0 Å². The van der Waals surface area contributed by atoms with Crippen molar-refractivity contribution in [2.24, 2.45) is 5.92 Å². The van der Waals surface area contributed by atoms with E-state index >= 15 is 0 Å². The molecule has 2 amide bonds. The number of hydrogen-bond acceptors (Lipinski definition) is 5. The lowest BCUT2D eigenvalue weighted by Gasteiger charge is -2.32. The fourth-order valence-electron chi connectivity index (χ4n) is 4.51. The molecule has 3 aromatic rings. The molecular weight excluding hydrogens is 538 g/mol. The summed E-state index contributed by atoms with van der Waals surface area (Å²) in [7, 11) is -2.04. The Balaban J connectivity index is 1.84. The molecule has 1 N–H and O–H groups in total. The van der Waals surface area contributed by atoms with Gasteiger partial charge < -0.3 is 15.0 Å². The molecule has 0 heterocycles. The molecule has 1 atom stereocenters. The van der Waals surface area contributed by atoms with Crippen molar-refractivity contribution in [3.63, 3.8) is 0 Å². The highest BCUT2D eigenvalue weighted by Crippen LogP contribution is 2.23. The van der Waals surface area contributed by atoms with E-state index in [9.17, 15) is 18.0 Å². The minimum atomic E-state index is -3.59. The molecule has 0 aliphatic rings. The molecule has 0 saturated heterocycles. The molecular formula is C32H41N3O5S. The van der Waals surface area contributed by atoms with E-state index in [4.69, 9.17) is 4.74 Å². The van der Waals surface area contributed by atoms with Crippen molar-refractivity contribution in [3.05, 3.63) is 96.1 Å². The van der Waals surface area contributed by atoms with E-state index in [1.807, 2.05) is 74.5 Å². The van der Waals surface area contributed by atoms with Gasteiger partial charge in [0.05, 0.1) is 19.1 Å². The average molecular weight is 580 g/mol. The van der Waals surface area contributed by atoms with Crippen molar-refractivity contribution in [2.45, 2.75) is 45.7 Å². The summed E-state index contributed by atoms with van der Waals surface area (Å²) in [5.74, 6) is 0.462. The number of carbonyl (C=O) groups is 2. The number of rotatable bonds is 15. The van der Waals surface area contributed by atoms with Crippen LogP contribution < -0.4 is 14.4 Å². The predicted molar refractivity (Wildman–Crippen MR) is 163 cm³/mol. The van der Waals surface area contributed by atoms with Crippen LogP contribution in [0.25, 0.3) is 0 Å². The fraction of sp³-hybridized carbons (Fsp3) is 0.375. The van der Waals surface area contributed by atoms with E-state index < -0.39 is 16.1 Å². The Hall–Kier alpha value is -3.85. The largest absolute Gasteiger partial charge is 0.497 e. The minimum absolute atomic E-state index is 0.0811. The van der Waals surface area contributed by atoms with Gasteiger partial charge in [-0.2, -0.15) is 0 Å².